The Labute approximate surface area is 110 Å². The lowest BCUT2D eigenvalue weighted by Gasteiger charge is -2.31. The van der Waals surface area contributed by atoms with E-state index in [2.05, 4.69) is 52.1 Å². The summed E-state index contributed by atoms with van der Waals surface area (Å²) in [5.74, 6) is 0.486. The van der Waals surface area contributed by atoms with Crippen LogP contribution in [0.25, 0.3) is 0 Å². The van der Waals surface area contributed by atoms with Crippen molar-refractivity contribution in [2.75, 3.05) is 6.54 Å². The van der Waals surface area contributed by atoms with E-state index in [0.717, 1.165) is 24.1 Å². The molecule has 1 atom stereocenters. The molecular formula is C16H25NO. The minimum Gasteiger partial charge on any atom is -0.507 e. The fourth-order valence-corrected chi connectivity index (χ4v) is 3.10. The second-order valence-corrected chi connectivity index (χ2v) is 6.77. The van der Waals surface area contributed by atoms with Crippen LogP contribution in [0.3, 0.4) is 0 Å². The minimum absolute atomic E-state index is 0.0263. The first-order chi connectivity index (χ1) is 8.26. The Morgan fingerprint density at radius 2 is 1.94 bits per heavy atom. The summed E-state index contributed by atoms with van der Waals surface area (Å²) in [6.07, 6.45) is 2.27. The number of benzene rings is 1. The topological polar surface area (TPSA) is 32.3 Å². The van der Waals surface area contributed by atoms with E-state index in [1.54, 1.807) is 0 Å². The molecule has 1 aliphatic rings. The summed E-state index contributed by atoms with van der Waals surface area (Å²) in [5, 5.41) is 14.2. The van der Waals surface area contributed by atoms with Crippen molar-refractivity contribution in [1.29, 1.82) is 0 Å². The lowest BCUT2D eigenvalue weighted by molar-refractivity contribution is 0.382. The van der Waals surface area contributed by atoms with Crippen molar-refractivity contribution in [3.05, 3.63) is 28.8 Å². The number of aryl methyl sites for hydroxylation is 1. The minimum atomic E-state index is -0.0740. The monoisotopic (exact) mass is 247 g/mol. The molecule has 0 saturated carbocycles. The number of hydrogen-bond donors (Lipinski definition) is 2. The van der Waals surface area contributed by atoms with Crippen LogP contribution in [-0.2, 0) is 11.0 Å². The summed E-state index contributed by atoms with van der Waals surface area (Å²) in [6, 6.07) is 4.20. The van der Waals surface area contributed by atoms with E-state index in [1.165, 1.54) is 12.0 Å². The second-order valence-electron chi connectivity index (χ2n) is 6.77. The van der Waals surface area contributed by atoms with E-state index in [0.29, 0.717) is 5.75 Å². The van der Waals surface area contributed by atoms with Crippen molar-refractivity contribution in [3.8, 4) is 5.75 Å². The zero-order valence-corrected chi connectivity index (χ0v) is 12.2. The summed E-state index contributed by atoms with van der Waals surface area (Å²) < 4.78 is 0. The van der Waals surface area contributed by atoms with Gasteiger partial charge in [-0.3, -0.25) is 0 Å². The van der Waals surface area contributed by atoms with Gasteiger partial charge in [-0.1, -0.05) is 32.9 Å². The third kappa shape index (κ3) is 2.14. The summed E-state index contributed by atoms with van der Waals surface area (Å²) in [6.45, 7) is 11.8. The van der Waals surface area contributed by atoms with Crippen molar-refractivity contribution < 1.29 is 5.11 Å². The van der Waals surface area contributed by atoms with Crippen molar-refractivity contribution in [2.24, 2.45) is 0 Å². The quantitative estimate of drug-likeness (QED) is 0.794. The molecule has 1 aromatic carbocycles. The highest BCUT2D eigenvalue weighted by molar-refractivity contribution is 5.51. The van der Waals surface area contributed by atoms with Crippen molar-refractivity contribution in [3.63, 3.8) is 0 Å². The average Bonchev–Trinajstić information content (AvgIpc) is 2.63. The Morgan fingerprint density at radius 1 is 1.28 bits per heavy atom. The van der Waals surface area contributed by atoms with E-state index < -0.39 is 0 Å². The van der Waals surface area contributed by atoms with Gasteiger partial charge in [0.15, 0.2) is 0 Å². The van der Waals surface area contributed by atoms with Crippen molar-refractivity contribution in [2.45, 2.75) is 58.4 Å². The van der Waals surface area contributed by atoms with E-state index in [9.17, 15) is 5.11 Å². The second kappa shape index (κ2) is 4.27. The average molecular weight is 247 g/mol. The highest BCUT2D eigenvalue weighted by Gasteiger charge is 2.35. The number of aromatic hydroxyl groups is 1. The number of nitrogens with one attached hydrogen (secondary N) is 1. The molecule has 1 heterocycles. The van der Waals surface area contributed by atoms with Gasteiger partial charge in [-0.05, 0) is 49.8 Å². The molecule has 0 aromatic heterocycles. The lowest BCUT2D eigenvalue weighted by atomic mass is 9.79. The van der Waals surface area contributed by atoms with Crippen LogP contribution in [0.2, 0.25) is 0 Å². The molecule has 18 heavy (non-hydrogen) atoms. The molecule has 1 saturated heterocycles. The van der Waals surface area contributed by atoms with Gasteiger partial charge in [0.2, 0.25) is 0 Å². The predicted octanol–water partition coefficient (Wildman–Crippen LogP) is 3.60. The Kier molecular flexibility index (Phi) is 3.18. The highest BCUT2D eigenvalue weighted by Crippen LogP contribution is 2.42. The summed E-state index contributed by atoms with van der Waals surface area (Å²) >= 11 is 0. The van der Waals surface area contributed by atoms with E-state index in [-0.39, 0.29) is 11.0 Å². The van der Waals surface area contributed by atoms with Gasteiger partial charge in [0.1, 0.15) is 5.75 Å². The molecule has 1 aliphatic heterocycles. The maximum atomic E-state index is 10.7. The SMILES string of the molecule is Cc1ccc(C(C)(C)C)c(O)c1C1(C)CCCN1. The van der Waals surface area contributed by atoms with Gasteiger partial charge in [0.05, 0.1) is 0 Å². The summed E-state index contributed by atoms with van der Waals surface area (Å²) in [4.78, 5) is 0. The van der Waals surface area contributed by atoms with Gasteiger partial charge in [-0.15, -0.1) is 0 Å². The number of rotatable bonds is 1. The van der Waals surface area contributed by atoms with Crippen LogP contribution in [-0.4, -0.2) is 11.7 Å². The normalized spacial score (nSPS) is 24.5. The number of phenolic OH excluding ortho intramolecular Hbond substituents is 1. The van der Waals surface area contributed by atoms with Gasteiger partial charge in [-0.2, -0.15) is 0 Å². The molecular weight excluding hydrogens is 222 g/mol. The highest BCUT2D eigenvalue weighted by atomic mass is 16.3. The molecule has 0 spiro atoms. The lowest BCUT2D eigenvalue weighted by Crippen LogP contribution is -2.34. The molecule has 0 bridgehead atoms. The molecule has 2 nitrogen and oxygen atoms in total. The maximum absolute atomic E-state index is 10.7. The molecule has 0 aliphatic carbocycles. The number of phenols is 1. The van der Waals surface area contributed by atoms with Gasteiger partial charge in [-0.25, -0.2) is 0 Å². The molecule has 1 unspecified atom stereocenters. The third-order valence-corrected chi connectivity index (χ3v) is 4.11. The van der Waals surface area contributed by atoms with Crippen LogP contribution in [0.4, 0.5) is 0 Å². The van der Waals surface area contributed by atoms with Crippen molar-refractivity contribution >= 4 is 0 Å². The summed E-state index contributed by atoms with van der Waals surface area (Å²) in [7, 11) is 0. The Bertz CT molecular complexity index is 451. The number of hydrogen-bond acceptors (Lipinski definition) is 2. The van der Waals surface area contributed by atoms with Crippen LogP contribution in [0.1, 0.15) is 57.2 Å². The molecule has 2 rings (SSSR count). The van der Waals surface area contributed by atoms with Crippen LogP contribution < -0.4 is 5.32 Å². The fourth-order valence-electron chi connectivity index (χ4n) is 3.10. The molecule has 100 valence electrons. The van der Waals surface area contributed by atoms with E-state index in [4.69, 9.17) is 0 Å². The Morgan fingerprint density at radius 3 is 2.44 bits per heavy atom. The molecule has 1 fully saturated rings. The van der Waals surface area contributed by atoms with Gasteiger partial charge in [0.25, 0.3) is 0 Å². The Balaban J connectivity index is 2.60. The van der Waals surface area contributed by atoms with Crippen LogP contribution >= 0.6 is 0 Å². The van der Waals surface area contributed by atoms with Gasteiger partial charge < -0.3 is 10.4 Å². The van der Waals surface area contributed by atoms with Crippen LogP contribution in [0, 0.1) is 6.92 Å². The summed E-state index contributed by atoms with van der Waals surface area (Å²) in [5.41, 5.74) is 3.21. The van der Waals surface area contributed by atoms with E-state index in [1.807, 2.05) is 0 Å². The van der Waals surface area contributed by atoms with Crippen LogP contribution in [0.15, 0.2) is 12.1 Å². The third-order valence-electron chi connectivity index (χ3n) is 4.11. The molecule has 1 aromatic rings. The van der Waals surface area contributed by atoms with Crippen molar-refractivity contribution in [1.82, 2.24) is 5.32 Å². The largest absolute Gasteiger partial charge is 0.507 e. The Hall–Kier alpha value is -1.02. The smallest absolute Gasteiger partial charge is 0.124 e. The fraction of sp³-hybridized carbons (Fsp3) is 0.625. The molecule has 2 heteroatoms. The van der Waals surface area contributed by atoms with Gasteiger partial charge in [0, 0.05) is 11.1 Å². The molecule has 0 amide bonds. The molecule has 2 N–H and O–H groups in total. The first kappa shape index (κ1) is 13.4. The van der Waals surface area contributed by atoms with Crippen LogP contribution in [0.5, 0.6) is 5.75 Å². The molecule has 0 radical (unpaired) electrons. The van der Waals surface area contributed by atoms with E-state index >= 15 is 0 Å². The zero-order valence-electron chi connectivity index (χ0n) is 12.2. The zero-order chi connectivity index (χ0) is 13.6. The standard InChI is InChI=1S/C16H25NO/c1-11-7-8-12(15(2,3)4)14(18)13(11)16(5)9-6-10-17-16/h7-8,17-18H,6,9-10H2,1-5H3. The van der Waals surface area contributed by atoms with Gasteiger partial charge >= 0.3 is 0 Å². The predicted molar refractivity (Wildman–Crippen MR) is 76.1 cm³/mol. The first-order valence-corrected chi connectivity index (χ1v) is 6.84. The maximum Gasteiger partial charge on any atom is 0.124 e. The first-order valence-electron chi connectivity index (χ1n) is 6.84.